The molecule has 0 bridgehead atoms. The zero-order chi connectivity index (χ0) is 35.6. The average molecular weight is 680 g/mol. The second-order valence-electron chi connectivity index (χ2n) is 12.6. The smallest absolute Gasteiger partial charge is 0.224 e. The number of fused-ring (bicyclic) bond motifs is 3. The SMILES string of the molecule is COc1cc2c(cc1OC)C(Cc1cccc3ccccc13)=CCC2.COc1ccc(CCNC(=O)Cc2cccc3ccccc23)cc1OC. The lowest BCUT2D eigenvalue weighted by Crippen LogP contribution is -2.27. The summed E-state index contributed by atoms with van der Waals surface area (Å²) >= 11 is 0. The van der Waals surface area contributed by atoms with Crippen molar-refractivity contribution in [2.75, 3.05) is 35.0 Å². The zero-order valence-corrected chi connectivity index (χ0v) is 29.8. The molecule has 0 aromatic heterocycles. The quantitative estimate of drug-likeness (QED) is 0.148. The van der Waals surface area contributed by atoms with Crippen LogP contribution in [-0.2, 0) is 30.5 Å². The fourth-order valence-corrected chi connectivity index (χ4v) is 6.82. The van der Waals surface area contributed by atoms with Crippen LogP contribution < -0.4 is 24.3 Å². The molecule has 0 radical (unpaired) electrons. The summed E-state index contributed by atoms with van der Waals surface area (Å²) in [7, 11) is 6.62. The molecule has 1 amide bonds. The van der Waals surface area contributed by atoms with Gasteiger partial charge in [-0.05, 0) is 105 Å². The number of carbonyl (C=O) groups is 1. The van der Waals surface area contributed by atoms with Gasteiger partial charge in [0.2, 0.25) is 5.91 Å². The summed E-state index contributed by atoms with van der Waals surface area (Å²) in [5.74, 6) is 3.05. The maximum Gasteiger partial charge on any atom is 0.224 e. The first-order chi connectivity index (χ1) is 25.0. The van der Waals surface area contributed by atoms with E-state index in [9.17, 15) is 4.79 Å². The molecule has 1 N–H and O–H groups in total. The number of rotatable bonds is 11. The van der Waals surface area contributed by atoms with E-state index >= 15 is 0 Å². The van der Waals surface area contributed by atoms with Gasteiger partial charge in [0.15, 0.2) is 23.0 Å². The summed E-state index contributed by atoms with van der Waals surface area (Å²) in [4.78, 5) is 12.3. The largest absolute Gasteiger partial charge is 0.493 e. The highest BCUT2D eigenvalue weighted by atomic mass is 16.5. The van der Waals surface area contributed by atoms with Crippen LogP contribution in [0.1, 0.15) is 34.2 Å². The van der Waals surface area contributed by atoms with Crippen molar-refractivity contribution in [1.82, 2.24) is 5.32 Å². The maximum atomic E-state index is 12.3. The van der Waals surface area contributed by atoms with E-state index in [4.69, 9.17) is 18.9 Å². The molecule has 0 fully saturated rings. The molecule has 0 saturated carbocycles. The van der Waals surface area contributed by atoms with Gasteiger partial charge in [-0.25, -0.2) is 0 Å². The third-order valence-corrected chi connectivity index (χ3v) is 9.44. The van der Waals surface area contributed by atoms with Gasteiger partial charge in [0, 0.05) is 6.54 Å². The van der Waals surface area contributed by atoms with Crippen LogP contribution in [0.5, 0.6) is 23.0 Å². The van der Waals surface area contributed by atoms with Gasteiger partial charge in [-0.2, -0.15) is 0 Å². The van der Waals surface area contributed by atoms with Crippen molar-refractivity contribution in [2.24, 2.45) is 0 Å². The molecule has 0 saturated heterocycles. The van der Waals surface area contributed by atoms with Gasteiger partial charge >= 0.3 is 0 Å². The van der Waals surface area contributed by atoms with Gasteiger partial charge in [0.25, 0.3) is 0 Å². The van der Waals surface area contributed by atoms with Crippen molar-refractivity contribution in [3.63, 3.8) is 0 Å². The number of hydrogen-bond acceptors (Lipinski definition) is 5. The first-order valence-corrected chi connectivity index (χ1v) is 17.4. The monoisotopic (exact) mass is 679 g/mol. The predicted molar refractivity (Wildman–Crippen MR) is 207 cm³/mol. The van der Waals surface area contributed by atoms with Gasteiger partial charge in [-0.1, -0.05) is 97.1 Å². The predicted octanol–water partition coefficient (Wildman–Crippen LogP) is 9.19. The molecule has 0 aliphatic heterocycles. The van der Waals surface area contributed by atoms with E-state index in [1.54, 1.807) is 28.4 Å². The van der Waals surface area contributed by atoms with Crippen molar-refractivity contribution < 1.29 is 23.7 Å². The van der Waals surface area contributed by atoms with E-state index in [1.165, 1.54) is 33.0 Å². The zero-order valence-electron chi connectivity index (χ0n) is 29.8. The van der Waals surface area contributed by atoms with E-state index in [2.05, 4.69) is 84.2 Å². The van der Waals surface area contributed by atoms with Crippen LogP contribution >= 0.6 is 0 Å². The van der Waals surface area contributed by atoms with Crippen molar-refractivity contribution in [2.45, 2.75) is 32.1 Å². The number of allylic oxidation sites excluding steroid dienone is 2. The third kappa shape index (κ3) is 8.35. The Balaban J connectivity index is 0.000000176. The van der Waals surface area contributed by atoms with E-state index < -0.39 is 0 Å². The highest BCUT2D eigenvalue weighted by Crippen LogP contribution is 2.38. The van der Waals surface area contributed by atoms with Crippen LogP contribution in [0.4, 0.5) is 0 Å². The summed E-state index contributed by atoms with van der Waals surface area (Å²) in [6.45, 7) is 0.582. The second kappa shape index (κ2) is 16.8. The van der Waals surface area contributed by atoms with Crippen LogP contribution in [-0.4, -0.2) is 40.9 Å². The van der Waals surface area contributed by atoms with Gasteiger partial charge in [-0.15, -0.1) is 0 Å². The van der Waals surface area contributed by atoms with E-state index in [1.807, 2.05) is 42.5 Å². The topological polar surface area (TPSA) is 66.0 Å². The fourth-order valence-electron chi connectivity index (χ4n) is 6.82. The number of carbonyl (C=O) groups excluding carboxylic acids is 1. The fraction of sp³-hybridized carbons (Fsp3) is 0.222. The molecule has 1 aliphatic carbocycles. The first kappa shape index (κ1) is 35.1. The van der Waals surface area contributed by atoms with Crippen molar-refractivity contribution in [3.05, 3.63) is 149 Å². The molecule has 0 atom stereocenters. The Morgan fingerprint density at radius 1 is 0.627 bits per heavy atom. The van der Waals surface area contributed by atoms with E-state index in [-0.39, 0.29) is 5.91 Å². The average Bonchev–Trinajstić information content (AvgIpc) is 3.18. The molecule has 6 heteroatoms. The lowest BCUT2D eigenvalue weighted by Gasteiger charge is -2.21. The summed E-state index contributed by atoms with van der Waals surface area (Å²) in [5, 5.41) is 7.91. The summed E-state index contributed by atoms with van der Waals surface area (Å²) < 4.78 is 21.5. The molecule has 6 aromatic rings. The minimum atomic E-state index is 0.0295. The molecule has 6 nitrogen and oxygen atoms in total. The molecular weight excluding hydrogens is 634 g/mol. The standard InChI is InChI=1S/C23H22O2.C22H23NO3/c1-24-22-14-19-11-6-10-18(21(19)15-23(22)25-2)13-17-9-5-8-16-7-3-4-12-20(16)17;1-25-20-11-10-16(14-21(20)26-2)12-13-23-22(24)15-18-8-5-7-17-6-3-4-9-19(17)18/h3-5,7-10,12,14-15H,6,11,13H2,1-2H3;3-11,14H,12-13,15H2,1-2H3,(H,23,24). The molecule has 0 heterocycles. The molecule has 1 aliphatic rings. The van der Waals surface area contributed by atoms with Crippen molar-refractivity contribution in [3.8, 4) is 23.0 Å². The van der Waals surface area contributed by atoms with Crippen LogP contribution in [0.2, 0.25) is 0 Å². The number of hydrogen-bond donors (Lipinski definition) is 1. The van der Waals surface area contributed by atoms with Crippen LogP contribution in [0.25, 0.3) is 27.1 Å². The summed E-state index contributed by atoms with van der Waals surface area (Å²) in [5.41, 5.74) is 7.51. The normalized spacial score (nSPS) is 11.9. The molecule has 0 spiro atoms. The Kier molecular flexibility index (Phi) is 11.5. The number of benzene rings is 6. The number of aryl methyl sites for hydroxylation is 1. The first-order valence-electron chi connectivity index (χ1n) is 17.4. The second-order valence-corrected chi connectivity index (χ2v) is 12.6. The molecule has 6 aromatic carbocycles. The molecule has 7 rings (SSSR count). The highest BCUT2D eigenvalue weighted by Gasteiger charge is 2.18. The minimum Gasteiger partial charge on any atom is -0.493 e. The van der Waals surface area contributed by atoms with Crippen molar-refractivity contribution >= 4 is 33.0 Å². The van der Waals surface area contributed by atoms with Crippen LogP contribution in [0, 0.1) is 0 Å². The molecule has 51 heavy (non-hydrogen) atoms. The molecule has 0 unspecified atom stereocenters. The summed E-state index contributed by atoms with van der Waals surface area (Å²) in [6.07, 6.45) is 6.55. The third-order valence-electron chi connectivity index (χ3n) is 9.44. The van der Waals surface area contributed by atoms with E-state index in [0.29, 0.717) is 24.5 Å². The summed E-state index contributed by atoms with van der Waals surface area (Å²) in [6, 6.07) is 39.4. The lowest BCUT2D eigenvalue weighted by atomic mass is 9.86. The lowest BCUT2D eigenvalue weighted by molar-refractivity contribution is -0.120. The number of amides is 1. The Bertz CT molecular complexity index is 2160. The Labute approximate surface area is 300 Å². The van der Waals surface area contributed by atoms with Crippen LogP contribution in [0.15, 0.2) is 121 Å². The molecule has 260 valence electrons. The van der Waals surface area contributed by atoms with Gasteiger partial charge in [0.05, 0.1) is 34.9 Å². The maximum absolute atomic E-state index is 12.3. The number of nitrogens with one attached hydrogen (secondary N) is 1. The minimum absolute atomic E-state index is 0.0295. The number of methoxy groups -OCH3 is 4. The highest BCUT2D eigenvalue weighted by molar-refractivity contribution is 5.90. The Morgan fingerprint density at radius 2 is 1.22 bits per heavy atom. The van der Waals surface area contributed by atoms with Gasteiger partial charge in [-0.3, -0.25) is 4.79 Å². The number of ether oxygens (including phenoxy) is 4. The van der Waals surface area contributed by atoms with Gasteiger partial charge in [0.1, 0.15) is 0 Å². The van der Waals surface area contributed by atoms with Crippen molar-refractivity contribution in [1.29, 1.82) is 0 Å². The van der Waals surface area contributed by atoms with Gasteiger partial charge < -0.3 is 24.3 Å². The van der Waals surface area contributed by atoms with Crippen LogP contribution in [0.3, 0.4) is 0 Å². The Morgan fingerprint density at radius 3 is 1.90 bits per heavy atom. The van der Waals surface area contributed by atoms with E-state index in [0.717, 1.165) is 59.1 Å². The molecular formula is C45H45NO5. The Hall–Kier alpha value is -5.75.